The fourth-order valence-electron chi connectivity index (χ4n) is 2.49. The van der Waals surface area contributed by atoms with E-state index in [1.54, 1.807) is 6.07 Å². The molecule has 1 saturated heterocycles. The first-order chi connectivity index (χ1) is 10.6. The number of fused-ring (bicyclic) bond motifs is 1. The number of benzene rings is 2. The first-order valence-corrected chi connectivity index (χ1v) is 6.95. The number of azo groups is 1. The molecule has 0 aliphatic carbocycles. The van der Waals surface area contributed by atoms with Gasteiger partial charge >= 0.3 is 6.03 Å². The van der Waals surface area contributed by atoms with E-state index >= 15 is 0 Å². The van der Waals surface area contributed by atoms with Crippen molar-refractivity contribution in [3.63, 3.8) is 0 Å². The summed E-state index contributed by atoms with van der Waals surface area (Å²) in [5, 5.41) is 18.6. The zero-order valence-electron chi connectivity index (χ0n) is 11.9. The molecule has 1 aliphatic rings. The van der Waals surface area contributed by atoms with Crippen LogP contribution in [0.2, 0.25) is 0 Å². The Kier molecular flexibility index (Phi) is 3.88. The van der Waals surface area contributed by atoms with E-state index in [9.17, 15) is 9.90 Å². The molecule has 0 spiro atoms. The molecule has 1 heterocycles. The summed E-state index contributed by atoms with van der Waals surface area (Å²) >= 11 is 0. The molecular formula is C15H16N4O3. The summed E-state index contributed by atoms with van der Waals surface area (Å²) in [6, 6.07) is 8.32. The second kappa shape index (κ2) is 5.98. The number of carbonyl (C=O) groups is 1. The van der Waals surface area contributed by atoms with E-state index in [1.807, 2.05) is 24.3 Å². The van der Waals surface area contributed by atoms with Crippen LogP contribution in [0.25, 0.3) is 10.8 Å². The van der Waals surface area contributed by atoms with Crippen LogP contribution in [-0.2, 0) is 4.74 Å². The molecule has 2 amide bonds. The fourth-order valence-corrected chi connectivity index (χ4v) is 2.49. The highest BCUT2D eigenvalue weighted by Gasteiger charge is 2.13. The number of ether oxygens (including phenoxy) is 1. The molecule has 0 aromatic heterocycles. The molecular weight excluding hydrogens is 284 g/mol. The van der Waals surface area contributed by atoms with Crippen molar-refractivity contribution in [3.05, 3.63) is 30.3 Å². The van der Waals surface area contributed by atoms with Gasteiger partial charge in [0.2, 0.25) is 0 Å². The van der Waals surface area contributed by atoms with E-state index in [2.05, 4.69) is 15.1 Å². The molecule has 22 heavy (non-hydrogen) atoms. The molecule has 3 N–H and O–H groups in total. The molecule has 0 atom stereocenters. The van der Waals surface area contributed by atoms with Gasteiger partial charge in [-0.05, 0) is 29.7 Å². The van der Waals surface area contributed by atoms with Gasteiger partial charge in [0, 0.05) is 24.2 Å². The number of nitrogens with zero attached hydrogens (tertiary/aromatic N) is 3. The lowest BCUT2D eigenvalue weighted by Gasteiger charge is -2.29. The number of amides is 2. The minimum absolute atomic E-state index is 0.0176. The number of carbonyl (C=O) groups excluding carboxylic acids is 1. The number of hydrogen-bond donors (Lipinski definition) is 2. The number of urea groups is 1. The second-order valence-corrected chi connectivity index (χ2v) is 4.98. The van der Waals surface area contributed by atoms with E-state index < -0.39 is 6.03 Å². The average Bonchev–Trinajstić information content (AvgIpc) is 2.54. The van der Waals surface area contributed by atoms with E-state index in [0.29, 0.717) is 5.39 Å². The summed E-state index contributed by atoms with van der Waals surface area (Å²) in [6.07, 6.45) is 0. The van der Waals surface area contributed by atoms with Crippen molar-refractivity contribution in [2.24, 2.45) is 16.0 Å². The van der Waals surface area contributed by atoms with E-state index in [-0.39, 0.29) is 11.4 Å². The van der Waals surface area contributed by atoms with Crippen LogP contribution >= 0.6 is 0 Å². The minimum atomic E-state index is -0.901. The second-order valence-electron chi connectivity index (χ2n) is 4.98. The number of primary amides is 1. The van der Waals surface area contributed by atoms with Gasteiger partial charge in [-0.1, -0.05) is 11.2 Å². The molecule has 0 bridgehead atoms. The Morgan fingerprint density at radius 3 is 2.73 bits per heavy atom. The molecule has 0 radical (unpaired) electrons. The fraction of sp³-hybridized carbons (Fsp3) is 0.267. The Morgan fingerprint density at radius 1 is 1.23 bits per heavy atom. The van der Waals surface area contributed by atoms with E-state index in [0.717, 1.165) is 37.4 Å². The van der Waals surface area contributed by atoms with Crippen molar-refractivity contribution in [1.82, 2.24) is 0 Å². The Morgan fingerprint density at radius 2 is 2.00 bits per heavy atom. The molecule has 0 saturated carbocycles. The normalized spacial score (nSPS) is 15.5. The van der Waals surface area contributed by atoms with Crippen LogP contribution in [0.1, 0.15) is 0 Å². The molecule has 2 aromatic carbocycles. The van der Waals surface area contributed by atoms with Gasteiger partial charge in [-0.15, -0.1) is 5.11 Å². The zero-order valence-corrected chi connectivity index (χ0v) is 11.9. The number of aromatic hydroxyl groups is 1. The lowest BCUT2D eigenvalue weighted by atomic mass is 10.1. The quantitative estimate of drug-likeness (QED) is 0.832. The number of anilines is 1. The summed E-state index contributed by atoms with van der Waals surface area (Å²) in [5.74, 6) is -0.0176. The van der Waals surface area contributed by atoms with Gasteiger partial charge in [0.1, 0.15) is 5.69 Å². The Balaban J connectivity index is 1.96. The zero-order chi connectivity index (χ0) is 15.5. The smallest absolute Gasteiger partial charge is 0.356 e. The number of phenols is 1. The molecule has 0 unspecified atom stereocenters. The van der Waals surface area contributed by atoms with E-state index in [1.165, 1.54) is 0 Å². The highest BCUT2D eigenvalue weighted by molar-refractivity contribution is 5.94. The van der Waals surface area contributed by atoms with Crippen LogP contribution in [0.5, 0.6) is 5.75 Å². The Labute approximate surface area is 127 Å². The molecule has 3 rings (SSSR count). The van der Waals surface area contributed by atoms with Crippen LogP contribution in [-0.4, -0.2) is 37.4 Å². The maximum atomic E-state index is 10.6. The summed E-state index contributed by atoms with van der Waals surface area (Å²) in [6.45, 7) is 3.14. The monoisotopic (exact) mass is 300 g/mol. The van der Waals surface area contributed by atoms with E-state index in [4.69, 9.17) is 10.5 Å². The number of rotatable bonds is 2. The molecule has 1 aliphatic heterocycles. The Bertz CT molecular complexity index is 739. The lowest BCUT2D eigenvalue weighted by molar-refractivity contribution is 0.122. The standard InChI is InChI=1S/C15H16N4O3/c16-15(21)18-17-13-4-1-10-9-11(2-3-12(10)14(13)20)19-5-7-22-8-6-19/h1-4,9,20H,5-8H2,(H2,16,21). The molecule has 1 fully saturated rings. The molecule has 114 valence electrons. The van der Waals surface area contributed by atoms with Gasteiger partial charge in [-0.3, -0.25) is 0 Å². The summed E-state index contributed by atoms with van der Waals surface area (Å²) in [4.78, 5) is 12.9. The summed E-state index contributed by atoms with van der Waals surface area (Å²) in [7, 11) is 0. The van der Waals surface area contributed by atoms with Crippen LogP contribution in [0, 0.1) is 0 Å². The van der Waals surface area contributed by atoms with Gasteiger partial charge in [-0.2, -0.15) is 0 Å². The number of nitrogens with two attached hydrogens (primary N) is 1. The van der Waals surface area contributed by atoms with Gasteiger partial charge in [0.25, 0.3) is 0 Å². The average molecular weight is 300 g/mol. The third-order valence-electron chi connectivity index (χ3n) is 3.59. The van der Waals surface area contributed by atoms with Crippen molar-refractivity contribution < 1.29 is 14.6 Å². The Hall–Kier alpha value is -2.67. The summed E-state index contributed by atoms with van der Waals surface area (Å²) in [5.41, 5.74) is 6.21. The number of phenolic OH excluding ortho intramolecular Hbond substituents is 1. The highest BCUT2D eigenvalue weighted by atomic mass is 16.5. The predicted octanol–water partition coefficient (Wildman–Crippen LogP) is 2.54. The first-order valence-electron chi connectivity index (χ1n) is 6.95. The lowest BCUT2D eigenvalue weighted by Crippen LogP contribution is -2.36. The highest BCUT2D eigenvalue weighted by Crippen LogP contribution is 2.36. The first kappa shape index (κ1) is 14.3. The van der Waals surface area contributed by atoms with Crippen LogP contribution < -0.4 is 10.6 Å². The predicted molar refractivity (Wildman–Crippen MR) is 82.7 cm³/mol. The van der Waals surface area contributed by atoms with Crippen molar-refractivity contribution in [2.75, 3.05) is 31.2 Å². The molecule has 2 aromatic rings. The van der Waals surface area contributed by atoms with Crippen LogP contribution in [0.15, 0.2) is 40.6 Å². The van der Waals surface area contributed by atoms with Crippen molar-refractivity contribution in [1.29, 1.82) is 0 Å². The topological polar surface area (TPSA) is 101 Å². The minimum Gasteiger partial charge on any atom is -0.505 e. The third kappa shape index (κ3) is 2.84. The van der Waals surface area contributed by atoms with Crippen LogP contribution in [0.3, 0.4) is 0 Å². The SMILES string of the molecule is NC(=O)N=Nc1ccc2cc(N3CCOCC3)ccc2c1O. The van der Waals surface area contributed by atoms with Crippen molar-refractivity contribution in [3.8, 4) is 5.75 Å². The maximum Gasteiger partial charge on any atom is 0.356 e. The van der Waals surface area contributed by atoms with Crippen molar-refractivity contribution >= 4 is 28.2 Å². The summed E-state index contributed by atoms with van der Waals surface area (Å²) < 4.78 is 5.35. The van der Waals surface area contributed by atoms with Gasteiger partial charge < -0.3 is 20.5 Å². The van der Waals surface area contributed by atoms with Crippen LogP contribution in [0.4, 0.5) is 16.2 Å². The van der Waals surface area contributed by atoms with Gasteiger partial charge in [0.15, 0.2) is 5.75 Å². The number of hydrogen-bond acceptors (Lipinski definition) is 5. The molecule has 7 nitrogen and oxygen atoms in total. The molecule has 7 heteroatoms. The largest absolute Gasteiger partial charge is 0.505 e. The van der Waals surface area contributed by atoms with Crippen molar-refractivity contribution in [2.45, 2.75) is 0 Å². The maximum absolute atomic E-state index is 10.6. The van der Waals surface area contributed by atoms with Gasteiger partial charge in [0.05, 0.1) is 13.2 Å². The third-order valence-corrected chi connectivity index (χ3v) is 3.59. The van der Waals surface area contributed by atoms with Gasteiger partial charge in [-0.25, -0.2) is 4.79 Å². The number of morpholine rings is 1.